The molecule has 0 amide bonds. The van der Waals surface area contributed by atoms with Crippen LogP contribution >= 0.6 is 0 Å². The summed E-state index contributed by atoms with van der Waals surface area (Å²) >= 11 is 0. The van der Waals surface area contributed by atoms with Crippen LogP contribution in [0.3, 0.4) is 0 Å². The van der Waals surface area contributed by atoms with E-state index in [1.165, 1.54) is 5.56 Å². The van der Waals surface area contributed by atoms with Gasteiger partial charge in [0.05, 0.1) is 13.2 Å². The Labute approximate surface area is 110 Å². The first-order valence-corrected chi connectivity index (χ1v) is 6.62. The van der Waals surface area contributed by atoms with Crippen molar-refractivity contribution in [2.75, 3.05) is 20.3 Å². The summed E-state index contributed by atoms with van der Waals surface area (Å²) in [7, 11) is 1.74. The van der Waals surface area contributed by atoms with Gasteiger partial charge in [0.2, 0.25) is 0 Å². The zero-order valence-corrected chi connectivity index (χ0v) is 11.9. The summed E-state index contributed by atoms with van der Waals surface area (Å²) in [5, 5.41) is 3.53. The van der Waals surface area contributed by atoms with Gasteiger partial charge < -0.3 is 14.8 Å². The van der Waals surface area contributed by atoms with Crippen LogP contribution in [0.4, 0.5) is 0 Å². The normalized spacial score (nSPS) is 12.7. The molecule has 0 radical (unpaired) electrons. The molecule has 1 atom stereocenters. The molecule has 1 aromatic carbocycles. The number of methoxy groups -OCH3 is 1. The van der Waals surface area contributed by atoms with E-state index in [1.54, 1.807) is 7.11 Å². The summed E-state index contributed by atoms with van der Waals surface area (Å²) in [6, 6.07) is 8.53. The number of nitrogens with one attached hydrogen (secondary N) is 1. The second kappa shape index (κ2) is 8.11. The monoisotopic (exact) mass is 251 g/mol. The summed E-state index contributed by atoms with van der Waals surface area (Å²) in [4.78, 5) is 0. The Bertz CT molecular complexity index is 339. The minimum atomic E-state index is 0.365. The fourth-order valence-corrected chi connectivity index (χ4v) is 1.85. The Hall–Kier alpha value is -1.06. The predicted molar refractivity (Wildman–Crippen MR) is 75.0 cm³/mol. The summed E-state index contributed by atoms with van der Waals surface area (Å²) < 4.78 is 10.9. The molecule has 18 heavy (non-hydrogen) atoms. The average molecular weight is 251 g/mol. The van der Waals surface area contributed by atoms with E-state index in [0.717, 1.165) is 18.9 Å². The highest BCUT2D eigenvalue weighted by Crippen LogP contribution is 2.18. The smallest absolute Gasteiger partial charge is 0.123 e. The molecule has 0 aliphatic heterocycles. The van der Waals surface area contributed by atoms with Crippen LogP contribution < -0.4 is 10.1 Å². The van der Waals surface area contributed by atoms with Crippen molar-refractivity contribution in [3.63, 3.8) is 0 Å². The third-order valence-corrected chi connectivity index (χ3v) is 2.98. The van der Waals surface area contributed by atoms with Gasteiger partial charge in [-0.05, 0) is 18.9 Å². The maximum absolute atomic E-state index is 5.62. The quantitative estimate of drug-likeness (QED) is 0.770. The van der Waals surface area contributed by atoms with Gasteiger partial charge in [0.1, 0.15) is 5.75 Å². The van der Waals surface area contributed by atoms with E-state index in [4.69, 9.17) is 9.47 Å². The van der Waals surface area contributed by atoms with Gasteiger partial charge in [-0.1, -0.05) is 32.0 Å². The fourth-order valence-electron chi connectivity index (χ4n) is 1.85. The highest BCUT2D eigenvalue weighted by atomic mass is 16.5. The lowest BCUT2D eigenvalue weighted by Crippen LogP contribution is -2.37. The van der Waals surface area contributed by atoms with Crippen molar-refractivity contribution in [1.29, 1.82) is 0 Å². The van der Waals surface area contributed by atoms with Gasteiger partial charge in [-0.3, -0.25) is 0 Å². The third kappa shape index (κ3) is 4.67. The van der Waals surface area contributed by atoms with E-state index < -0.39 is 0 Å². The molecule has 1 rings (SSSR count). The summed E-state index contributed by atoms with van der Waals surface area (Å²) in [5.74, 6) is 1.51. The molecule has 1 aromatic rings. The molecule has 0 saturated carbocycles. The Morgan fingerprint density at radius 2 is 1.94 bits per heavy atom. The second-order valence-corrected chi connectivity index (χ2v) is 4.73. The molecule has 0 aromatic heterocycles. The van der Waals surface area contributed by atoms with Crippen molar-refractivity contribution >= 4 is 0 Å². The molecular formula is C15H25NO2. The van der Waals surface area contributed by atoms with E-state index in [9.17, 15) is 0 Å². The fraction of sp³-hybridized carbons (Fsp3) is 0.600. The number of rotatable bonds is 8. The van der Waals surface area contributed by atoms with Gasteiger partial charge in [-0.25, -0.2) is 0 Å². The van der Waals surface area contributed by atoms with Gasteiger partial charge in [-0.2, -0.15) is 0 Å². The number of hydrogen-bond donors (Lipinski definition) is 1. The zero-order valence-electron chi connectivity index (χ0n) is 11.9. The second-order valence-electron chi connectivity index (χ2n) is 4.73. The maximum atomic E-state index is 5.62. The summed E-state index contributed by atoms with van der Waals surface area (Å²) in [5.41, 5.74) is 1.20. The molecule has 0 spiro atoms. The van der Waals surface area contributed by atoms with Gasteiger partial charge in [-0.15, -0.1) is 0 Å². The SMILES string of the molecule is CCOc1ccccc1CNC(COC)C(C)C. The number of ether oxygens (including phenoxy) is 2. The molecule has 0 aliphatic rings. The molecular weight excluding hydrogens is 226 g/mol. The molecule has 1 N–H and O–H groups in total. The highest BCUT2D eigenvalue weighted by Gasteiger charge is 2.13. The van der Waals surface area contributed by atoms with E-state index in [0.29, 0.717) is 18.6 Å². The summed E-state index contributed by atoms with van der Waals surface area (Å²) in [6.07, 6.45) is 0. The van der Waals surface area contributed by atoms with E-state index in [-0.39, 0.29) is 0 Å². The molecule has 102 valence electrons. The lowest BCUT2D eigenvalue weighted by Gasteiger charge is -2.22. The van der Waals surface area contributed by atoms with Crippen LogP contribution in [0.1, 0.15) is 26.3 Å². The van der Waals surface area contributed by atoms with E-state index >= 15 is 0 Å². The Kier molecular flexibility index (Phi) is 6.76. The number of para-hydroxylation sites is 1. The number of benzene rings is 1. The molecule has 0 saturated heterocycles. The van der Waals surface area contributed by atoms with Gasteiger partial charge >= 0.3 is 0 Å². The molecule has 0 heterocycles. The first kappa shape index (κ1) is 15.0. The molecule has 3 heteroatoms. The highest BCUT2D eigenvalue weighted by molar-refractivity contribution is 5.33. The lowest BCUT2D eigenvalue weighted by molar-refractivity contribution is 0.146. The standard InChI is InChI=1S/C15H25NO2/c1-5-18-15-9-7-6-8-13(15)10-16-14(11-17-4)12(2)3/h6-9,12,14,16H,5,10-11H2,1-4H3. The molecule has 1 unspecified atom stereocenters. The zero-order chi connectivity index (χ0) is 13.4. The van der Waals surface area contributed by atoms with Crippen molar-refractivity contribution in [3.05, 3.63) is 29.8 Å². The van der Waals surface area contributed by atoms with Crippen LogP contribution in [0, 0.1) is 5.92 Å². The minimum absolute atomic E-state index is 0.365. The van der Waals surface area contributed by atoms with Gasteiger partial charge in [0, 0.05) is 25.3 Å². The lowest BCUT2D eigenvalue weighted by atomic mass is 10.0. The Balaban J connectivity index is 2.60. The molecule has 0 fully saturated rings. The molecule has 3 nitrogen and oxygen atoms in total. The van der Waals surface area contributed by atoms with Gasteiger partial charge in [0.25, 0.3) is 0 Å². The van der Waals surface area contributed by atoms with E-state index in [2.05, 4.69) is 25.2 Å². The van der Waals surface area contributed by atoms with E-state index in [1.807, 2.05) is 25.1 Å². The Morgan fingerprint density at radius 3 is 2.56 bits per heavy atom. The van der Waals surface area contributed by atoms with Crippen molar-refractivity contribution in [3.8, 4) is 5.75 Å². The topological polar surface area (TPSA) is 30.5 Å². The Morgan fingerprint density at radius 1 is 1.22 bits per heavy atom. The maximum Gasteiger partial charge on any atom is 0.123 e. The van der Waals surface area contributed by atoms with Crippen LogP contribution in [0.15, 0.2) is 24.3 Å². The van der Waals surface area contributed by atoms with Crippen LogP contribution in [0.5, 0.6) is 5.75 Å². The molecule has 0 aliphatic carbocycles. The van der Waals surface area contributed by atoms with Gasteiger partial charge in [0.15, 0.2) is 0 Å². The van der Waals surface area contributed by atoms with Crippen LogP contribution in [-0.4, -0.2) is 26.4 Å². The minimum Gasteiger partial charge on any atom is -0.494 e. The van der Waals surface area contributed by atoms with Crippen molar-refractivity contribution in [1.82, 2.24) is 5.32 Å². The predicted octanol–water partition coefficient (Wildman–Crippen LogP) is 2.85. The summed E-state index contributed by atoms with van der Waals surface area (Å²) in [6.45, 7) is 8.64. The first-order valence-electron chi connectivity index (χ1n) is 6.62. The van der Waals surface area contributed by atoms with Crippen molar-refractivity contribution in [2.45, 2.75) is 33.4 Å². The third-order valence-electron chi connectivity index (χ3n) is 2.98. The van der Waals surface area contributed by atoms with Crippen LogP contribution in [-0.2, 0) is 11.3 Å². The van der Waals surface area contributed by atoms with Crippen LogP contribution in [0.25, 0.3) is 0 Å². The number of hydrogen-bond acceptors (Lipinski definition) is 3. The van der Waals surface area contributed by atoms with Crippen LogP contribution in [0.2, 0.25) is 0 Å². The largest absolute Gasteiger partial charge is 0.494 e. The van der Waals surface area contributed by atoms with Crippen molar-refractivity contribution in [2.24, 2.45) is 5.92 Å². The van der Waals surface area contributed by atoms with Crippen molar-refractivity contribution < 1.29 is 9.47 Å². The average Bonchev–Trinajstić information content (AvgIpc) is 2.36. The first-order chi connectivity index (χ1) is 8.69. The molecule has 0 bridgehead atoms.